The Kier molecular flexibility index (Phi) is 4.06. The number of likely N-dealkylation sites (tertiary alicyclic amines) is 1. The minimum absolute atomic E-state index is 0.456. The van der Waals surface area contributed by atoms with Crippen molar-refractivity contribution in [3.63, 3.8) is 0 Å². The predicted octanol–water partition coefficient (Wildman–Crippen LogP) is 1.29. The van der Waals surface area contributed by atoms with E-state index in [1.165, 1.54) is 31.1 Å². The van der Waals surface area contributed by atoms with Gasteiger partial charge in [-0.15, -0.1) is 0 Å². The number of nitrogen functional groups attached to an aromatic ring is 1. The average molecular weight is 253 g/mol. The maximum Gasteiger partial charge on any atom is 0.191 e. The number of thioether (sulfide) groups is 1. The minimum Gasteiger partial charge on any atom is -0.383 e. The van der Waals surface area contributed by atoms with Gasteiger partial charge in [0, 0.05) is 18.7 Å². The second-order valence-corrected chi connectivity index (χ2v) is 5.18. The summed E-state index contributed by atoms with van der Waals surface area (Å²) in [6.45, 7) is 2.23. The zero-order chi connectivity index (χ0) is 12.3. The van der Waals surface area contributed by atoms with Crippen molar-refractivity contribution < 1.29 is 0 Å². The molecule has 0 saturated carbocycles. The molecule has 0 radical (unpaired) electrons. The van der Waals surface area contributed by atoms with Crippen molar-refractivity contribution in [3.05, 3.63) is 6.07 Å². The molecule has 1 unspecified atom stereocenters. The van der Waals surface area contributed by atoms with E-state index in [0.29, 0.717) is 11.9 Å². The van der Waals surface area contributed by atoms with Gasteiger partial charge in [0.2, 0.25) is 0 Å². The van der Waals surface area contributed by atoms with Gasteiger partial charge in [-0.2, -0.15) is 0 Å². The first-order valence-corrected chi connectivity index (χ1v) is 7.03. The Hall–Kier alpha value is -1.01. The van der Waals surface area contributed by atoms with E-state index in [1.807, 2.05) is 6.26 Å². The SMILES string of the molecule is CSc1nc(N)cc(NC2CCCN(C)C2)n1. The van der Waals surface area contributed by atoms with E-state index >= 15 is 0 Å². The van der Waals surface area contributed by atoms with Gasteiger partial charge in [0.1, 0.15) is 11.6 Å². The van der Waals surface area contributed by atoms with Crippen LogP contribution in [-0.4, -0.2) is 47.3 Å². The van der Waals surface area contributed by atoms with Crippen LogP contribution in [0.2, 0.25) is 0 Å². The molecular formula is C11H19N5S. The van der Waals surface area contributed by atoms with E-state index in [1.54, 1.807) is 6.07 Å². The zero-order valence-electron chi connectivity index (χ0n) is 10.3. The van der Waals surface area contributed by atoms with Crippen LogP contribution in [0.4, 0.5) is 11.6 Å². The lowest BCUT2D eigenvalue weighted by atomic mass is 10.1. The number of hydrogen-bond acceptors (Lipinski definition) is 6. The second-order valence-electron chi connectivity index (χ2n) is 4.41. The number of rotatable bonds is 3. The first kappa shape index (κ1) is 12.4. The van der Waals surface area contributed by atoms with Crippen LogP contribution in [0.1, 0.15) is 12.8 Å². The van der Waals surface area contributed by atoms with Crippen molar-refractivity contribution in [2.24, 2.45) is 0 Å². The van der Waals surface area contributed by atoms with Crippen molar-refractivity contribution in [3.8, 4) is 0 Å². The standard InChI is InChI=1S/C11H19N5S/c1-16-5-3-4-8(7-16)13-10-6-9(12)14-11(15-10)17-2/h6,8H,3-5,7H2,1-2H3,(H3,12,13,14,15). The molecule has 0 aromatic carbocycles. The maximum absolute atomic E-state index is 5.75. The normalized spacial score (nSPS) is 21.4. The van der Waals surface area contributed by atoms with Gasteiger partial charge in [-0.1, -0.05) is 11.8 Å². The van der Waals surface area contributed by atoms with E-state index in [4.69, 9.17) is 5.73 Å². The Morgan fingerprint density at radius 2 is 2.35 bits per heavy atom. The van der Waals surface area contributed by atoms with Crippen LogP contribution in [0.3, 0.4) is 0 Å². The van der Waals surface area contributed by atoms with E-state index in [9.17, 15) is 0 Å². The van der Waals surface area contributed by atoms with Crippen molar-refractivity contribution in [1.82, 2.24) is 14.9 Å². The summed E-state index contributed by atoms with van der Waals surface area (Å²) < 4.78 is 0. The molecule has 6 heteroatoms. The number of hydrogen-bond donors (Lipinski definition) is 2. The highest BCUT2D eigenvalue weighted by Crippen LogP contribution is 2.18. The lowest BCUT2D eigenvalue weighted by molar-refractivity contribution is 0.260. The minimum atomic E-state index is 0.456. The molecule has 1 aromatic heterocycles. The average Bonchev–Trinajstić information content (AvgIpc) is 2.28. The molecule has 0 bridgehead atoms. The van der Waals surface area contributed by atoms with Gasteiger partial charge in [-0.25, -0.2) is 9.97 Å². The smallest absolute Gasteiger partial charge is 0.191 e. The monoisotopic (exact) mass is 253 g/mol. The fraction of sp³-hybridized carbons (Fsp3) is 0.636. The van der Waals surface area contributed by atoms with Crippen LogP contribution >= 0.6 is 11.8 Å². The third-order valence-electron chi connectivity index (χ3n) is 2.88. The molecule has 1 fully saturated rings. The summed E-state index contributed by atoms with van der Waals surface area (Å²) in [4.78, 5) is 10.9. The highest BCUT2D eigenvalue weighted by molar-refractivity contribution is 7.98. The molecule has 0 spiro atoms. The highest BCUT2D eigenvalue weighted by Gasteiger charge is 2.17. The van der Waals surface area contributed by atoms with Crippen molar-refractivity contribution >= 4 is 23.4 Å². The molecule has 0 amide bonds. The summed E-state index contributed by atoms with van der Waals surface area (Å²) in [7, 11) is 2.15. The molecule has 94 valence electrons. The summed E-state index contributed by atoms with van der Waals surface area (Å²) in [5.41, 5.74) is 5.75. The molecule has 2 rings (SSSR count). The molecule has 1 aliphatic rings. The Bertz CT molecular complexity index is 384. The second kappa shape index (κ2) is 5.55. The molecule has 17 heavy (non-hydrogen) atoms. The third kappa shape index (κ3) is 3.47. The van der Waals surface area contributed by atoms with Crippen LogP contribution in [-0.2, 0) is 0 Å². The van der Waals surface area contributed by atoms with Crippen molar-refractivity contribution in [2.45, 2.75) is 24.0 Å². The number of nitrogens with one attached hydrogen (secondary N) is 1. The topological polar surface area (TPSA) is 67.1 Å². The number of likely N-dealkylation sites (N-methyl/N-ethyl adjacent to an activating group) is 1. The molecule has 5 nitrogen and oxygen atoms in total. The molecular weight excluding hydrogens is 234 g/mol. The third-order valence-corrected chi connectivity index (χ3v) is 3.43. The lowest BCUT2D eigenvalue weighted by Crippen LogP contribution is -2.39. The first-order chi connectivity index (χ1) is 8.17. The maximum atomic E-state index is 5.75. The Morgan fingerprint density at radius 3 is 3.06 bits per heavy atom. The number of piperidine rings is 1. The number of nitrogens with two attached hydrogens (primary N) is 1. The van der Waals surface area contributed by atoms with Crippen LogP contribution in [0.25, 0.3) is 0 Å². The van der Waals surface area contributed by atoms with Gasteiger partial charge < -0.3 is 16.0 Å². The van der Waals surface area contributed by atoms with Gasteiger partial charge in [-0.05, 0) is 32.7 Å². The van der Waals surface area contributed by atoms with E-state index in [-0.39, 0.29) is 0 Å². The summed E-state index contributed by atoms with van der Waals surface area (Å²) in [6.07, 6.45) is 4.36. The van der Waals surface area contributed by atoms with Gasteiger partial charge in [0.25, 0.3) is 0 Å². The number of aromatic nitrogens is 2. The van der Waals surface area contributed by atoms with E-state index in [2.05, 4.69) is 27.2 Å². The molecule has 1 saturated heterocycles. The van der Waals surface area contributed by atoms with E-state index < -0.39 is 0 Å². The molecule has 3 N–H and O–H groups in total. The van der Waals surface area contributed by atoms with Crippen molar-refractivity contribution in [2.75, 3.05) is 37.4 Å². The summed E-state index contributed by atoms with van der Waals surface area (Å²) >= 11 is 1.51. The van der Waals surface area contributed by atoms with Crippen molar-refractivity contribution in [1.29, 1.82) is 0 Å². The Labute approximate surface area is 106 Å². The molecule has 1 atom stereocenters. The summed E-state index contributed by atoms with van der Waals surface area (Å²) in [6, 6.07) is 2.26. The molecule has 1 aromatic rings. The number of anilines is 2. The van der Waals surface area contributed by atoms with Gasteiger partial charge in [0.05, 0.1) is 0 Å². The van der Waals surface area contributed by atoms with Gasteiger partial charge in [-0.3, -0.25) is 0 Å². The number of nitrogens with zero attached hydrogens (tertiary/aromatic N) is 3. The fourth-order valence-corrected chi connectivity index (χ4v) is 2.49. The predicted molar refractivity (Wildman–Crippen MR) is 72.4 cm³/mol. The van der Waals surface area contributed by atoms with Crippen LogP contribution in [0.15, 0.2) is 11.2 Å². The van der Waals surface area contributed by atoms with Crippen LogP contribution in [0.5, 0.6) is 0 Å². The lowest BCUT2D eigenvalue weighted by Gasteiger charge is -2.30. The zero-order valence-corrected chi connectivity index (χ0v) is 11.1. The van der Waals surface area contributed by atoms with Crippen LogP contribution < -0.4 is 11.1 Å². The fourth-order valence-electron chi connectivity index (χ4n) is 2.10. The van der Waals surface area contributed by atoms with Gasteiger partial charge in [0.15, 0.2) is 5.16 Å². The molecule has 2 heterocycles. The highest BCUT2D eigenvalue weighted by atomic mass is 32.2. The summed E-state index contributed by atoms with van der Waals surface area (Å²) in [5, 5.41) is 4.16. The van der Waals surface area contributed by atoms with Gasteiger partial charge >= 0.3 is 0 Å². The largest absolute Gasteiger partial charge is 0.383 e. The Morgan fingerprint density at radius 1 is 1.53 bits per heavy atom. The molecule has 0 aliphatic carbocycles. The quantitative estimate of drug-likeness (QED) is 0.625. The van der Waals surface area contributed by atoms with Crippen LogP contribution in [0, 0.1) is 0 Å². The Balaban J connectivity index is 2.04. The summed E-state index contributed by atoms with van der Waals surface area (Å²) in [5.74, 6) is 1.36. The molecule has 1 aliphatic heterocycles. The first-order valence-electron chi connectivity index (χ1n) is 5.81. The van der Waals surface area contributed by atoms with E-state index in [0.717, 1.165) is 17.5 Å².